The van der Waals surface area contributed by atoms with Gasteiger partial charge in [-0.1, -0.05) is 30.3 Å². The van der Waals surface area contributed by atoms with Gasteiger partial charge in [0.1, 0.15) is 24.4 Å². The van der Waals surface area contributed by atoms with Gasteiger partial charge in [-0.05, 0) is 12.5 Å². The minimum absolute atomic E-state index is 0.389. The van der Waals surface area contributed by atoms with Crippen molar-refractivity contribution in [3.63, 3.8) is 0 Å². The molecule has 8 heteroatoms. The zero-order chi connectivity index (χ0) is 17.1. The lowest BCUT2D eigenvalue weighted by atomic mass is 9.98. The summed E-state index contributed by atoms with van der Waals surface area (Å²) in [5.74, 6) is -1.91. The summed E-state index contributed by atoms with van der Waals surface area (Å²) in [5.41, 5.74) is 0.489. The van der Waals surface area contributed by atoms with Crippen molar-refractivity contribution < 1.29 is 39.5 Å². The molecule has 1 aromatic rings. The maximum Gasteiger partial charge on any atom is 0.335 e. The Hall–Kier alpha value is -1.84. The standard InChI is InChI=1S/C15H18O8/c1-7(16)12(8-5-3-2-4-6-8)22-15-11(19)9(17)10(18)13(23-15)14(20)21/h2-6,9-13,15,17-19H,1H3,(H,20,21). The van der Waals surface area contributed by atoms with E-state index >= 15 is 0 Å². The molecule has 0 bridgehead atoms. The Labute approximate surface area is 131 Å². The van der Waals surface area contributed by atoms with Gasteiger partial charge in [0.2, 0.25) is 0 Å². The molecule has 0 aromatic heterocycles. The van der Waals surface area contributed by atoms with Crippen LogP contribution >= 0.6 is 0 Å². The first-order valence-corrected chi connectivity index (χ1v) is 6.96. The van der Waals surface area contributed by atoms with Gasteiger partial charge in [-0.3, -0.25) is 4.79 Å². The molecule has 23 heavy (non-hydrogen) atoms. The summed E-state index contributed by atoms with van der Waals surface area (Å²) in [6, 6.07) is 8.37. The van der Waals surface area contributed by atoms with Crippen LogP contribution in [0.5, 0.6) is 0 Å². The third kappa shape index (κ3) is 3.74. The molecule has 1 fully saturated rings. The molecule has 0 amide bonds. The molecule has 0 radical (unpaired) electrons. The van der Waals surface area contributed by atoms with Gasteiger partial charge in [-0.2, -0.15) is 0 Å². The van der Waals surface area contributed by atoms with Crippen LogP contribution in [0, 0.1) is 0 Å². The van der Waals surface area contributed by atoms with Gasteiger partial charge in [0.15, 0.2) is 18.2 Å². The average molecular weight is 326 g/mol. The Morgan fingerprint density at radius 1 is 1.09 bits per heavy atom. The highest BCUT2D eigenvalue weighted by Crippen LogP contribution is 2.28. The molecule has 126 valence electrons. The van der Waals surface area contributed by atoms with Crippen molar-refractivity contribution in [3.8, 4) is 0 Å². The minimum Gasteiger partial charge on any atom is -0.479 e. The third-order valence-corrected chi connectivity index (χ3v) is 3.55. The lowest BCUT2D eigenvalue weighted by Crippen LogP contribution is -2.60. The topological polar surface area (TPSA) is 134 Å². The van der Waals surface area contributed by atoms with Crippen molar-refractivity contribution in [1.29, 1.82) is 0 Å². The van der Waals surface area contributed by atoms with Gasteiger partial charge in [0.25, 0.3) is 0 Å². The van der Waals surface area contributed by atoms with E-state index in [9.17, 15) is 24.9 Å². The molecule has 0 saturated carbocycles. The second-order valence-electron chi connectivity index (χ2n) is 5.27. The van der Waals surface area contributed by atoms with Gasteiger partial charge in [-0.25, -0.2) is 4.79 Å². The molecule has 6 unspecified atom stereocenters. The molecule has 1 aliphatic heterocycles. The second kappa shape index (κ2) is 7.16. The Bertz CT molecular complexity index is 560. The molecule has 1 aromatic carbocycles. The van der Waals surface area contributed by atoms with Gasteiger partial charge in [-0.15, -0.1) is 0 Å². The molecule has 4 N–H and O–H groups in total. The number of benzene rings is 1. The highest BCUT2D eigenvalue weighted by molar-refractivity contribution is 5.81. The number of carboxylic acid groups (broad SMARTS) is 1. The van der Waals surface area contributed by atoms with E-state index in [1.807, 2.05) is 0 Å². The summed E-state index contributed by atoms with van der Waals surface area (Å²) in [7, 11) is 0. The van der Waals surface area contributed by atoms with Crippen LogP contribution in [0.1, 0.15) is 18.6 Å². The number of hydrogen-bond donors (Lipinski definition) is 4. The van der Waals surface area contributed by atoms with E-state index in [4.69, 9.17) is 14.6 Å². The van der Waals surface area contributed by atoms with E-state index in [2.05, 4.69) is 0 Å². The van der Waals surface area contributed by atoms with Gasteiger partial charge in [0.05, 0.1) is 0 Å². The number of aliphatic hydroxyl groups is 3. The minimum atomic E-state index is -1.81. The van der Waals surface area contributed by atoms with Crippen molar-refractivity contribution in [3.05, 3.63) is 35.9 Å². The van der Waals surface area contributed by atoms with Crippen LogP contribution in [0.15, 0.2) is 30.3 Å². The quantitative estimate of drug-likeness (QED) is 0.554. The number of ether oxygens (including phenoxy) is 2. The molecular weight excluding hydrogens is 308 g/mol. The van der Waals surface area contributed by atoms with Crippen molar-refractivity contribution in [2.24, 2.45) is 0 Å². The number of aliphatic hydroxyl groups excluding tert-OH is 3. The van der Waals surface area contributed by atoms with Crippen molar-refractivity contribution in [2.45, 2.75) is 43.7 Å². The lowest BCUT2D eigenvalue weighted by molar-refractivity contribution is -0.302. The number of Topliss-reactive ketones (excluding diaryl/α,β-unsaturated/α-hetero) is 1. The maximum atomic E-state index is 11.8. The predicted molar refractivity (Wildman–Crippen MR) is 75.3 cm³/mol. The molecule has 8 nitrogen and oxygen atoms in total. The number of ketones is 1. The monoisotopic (exact) mass is 326 g/mol. The van der Waals surface area contributed by atoms with Crippen LogP contribution < -0.4 is 0 Å². The Balaban J connectivity index is 2.21. The van der Waals surface area contributed by atoms with Crippen LogP contribution in [0.3, 0.4) is 0 Å². The van der Waals surface area contributed by atoms with Crippen LogP contribution in [-0.2, 0) is 19.1 Å². The molecule has 1 aliphatic rings. The summed E-state index contributed by atoms with van der Waals surface area (Å²) in [6.45, 7) is 1.27. The van der Waals surface area contributed by atoms with E-state index < -0.39 is 42.8 Å². The zero-order valence-electron chi connectivity index (χ0n) is 12.3. The second-order valence-corrected chi connectivity index (χ2v) is 5.27. The van der Waals surface area contributed by atoms with Gasteiger partial charge in [0, 0.05) is 0 Å². The largest absolute Gasteiger partial charge is 0.479 e. The van der Waals surface area contributed by atoms with Crippen LogP contribution in [-0.4, -0.2) is 62.9 Å². The highest BCUT2D eigenvalue weighted by Gasteiger charge is 2.48. The Kier molecular flexibility index (Phi) is 5.45. The number of rotatable bonds is 5. The molecule has 0 aliphatic carbocycles. The fourth-order valence-electron chi connectivity index (χ4n) is 2.34. The van der Waals surface area contributed by atoms with E-state index in [0.717, 1.165) is 0 Å². The number of carbonyl (C=O) groups excluding carboxylic acids is 1. The molecular formula is C15H18O8. The fraction of sp³-hybridized carbons (Fsp3) is 0.467. The number of aliphatic carboxylic acids is 1. The predicted octanol–water partition coefficient (Wildman–Crippen LogP) is -0.774. The lowest BCUT2D eigenvalue weighted by Gasteiger charge is -2.39. The summed E-state index contributed by atoms with van der Waals surface area (Å²) >= 11 is 0. The van der Waals surface area contributed by atoms with E-state index in [0.29, 0.717) is 5.56 Å². The molecule has 2 rings (SSSR count). The average Bonchev–Trinajstić information content (AvgIpc) is 2.52. The molecule has 1 saturated heterocycles. The number of carbonyl (C=O) groups is 2. The summed E-state index contributed by atoms with van der Waals surface area (Å²) in [5, 5.41) is 38.3. The first kappa shape index (κ1) is 17.5. The zero-order valence-corrected chi connectivity index (χ0v) is 12.3. The van der Waals surface area contributed by atoms with E-state index in [-0.39, 0.29) is 5.78 Å². The van der Waals surface area contributed by atoms with E-state index in [1.165, 1.54) is 6.92 Å². The maximum absolute atomic E-state index is 11.8. The molecule has 0 spiro atoms. The van der Waals surface area contributed by atoms with Crippen molar-refractivity contribution >= 4 is 11.8 Å². The number of hydrogen-bond acceptors (Lipinski definition) is 7. The van der Waals surface area contributed by atoms with E-state index in [1.54, 1.807) is 30.3 Å². The molecule has 1 heterocycles. The normalized spacial score (nSPS) is 32.3. The summed E-state index contributed by atoms with van der Waals surface area (Å²) < 4.78 is 10.4. The van der Waals surface area contributed by atoms with Crippen molar-refractivity contribution in [1.82, 2.24) is 0 Å². The SMILES string of the molecule is CC(=O)C(OC1OC(C(=O)O)C(O)C(O)C1O)c1ccccc1. The van der Waals surface area contributed by atoms with Crippen molar-refractivity contribution in [2.75, 3.05) is 0 Å². The van der Waals surface area contributed by atoms with Crippen LogP contribution in [0.2, 0.25) is 0 Å². The third-order valence-electron chi connectivity index (χ3n) is 3.55. The smallest absolute Gasteiger partial charge is 0.335 e. The van der Waals surface area contributed by atoms with Crippen LogP contribution in [0.25, 0.3) is 0 Å². The summed E-state index contributed by atoms with van der Waals surface area (Å²) in [6.07, 6.45) is -9.75. The highest BCUT2D eigenvalue weighted by atomic mass is 16.7. The fourth-order valence-corrected chi connectivity index (χ4v) is 2.34. The first-order chi connectivity index (χ1) is 10.8. The van der Waals surface area contributed by atoms with Crippen LogP contribution in [0.4, 0.5) is 0 Å². The Morgan fingerprint density at radius 3 is 2.22 bits per heavy atom. The Morgan fingerprint density at radius 2 is 1.70 bits per heavy atom. The van der Waals surface area contributed by atoms with Gasteiger partial charge < -0.3 is 29.9 Å². The first-order valence-electron chi connectivity index (χ1n) is 6.96. The summed E-state index contributed by atoms with van der Waals surface area (Å²) in [4.78, 5) is 22.8. The van der Waals surface area contributed by atoms with Gasteiger partial charge >= 0.3 is 5.97 Å². The molecule has 6 atom stereocenters. The number of carboxylic acids is 1.